The summed E-state index contributed by atoms with van der Waals surface area (Å²) in [6, 6.07) is 5.03. The molecule has 1 unspecified atom stereocenters. The fraction of sp³-hybridized carbons (Fsp3) is 0.529. The van der Waals surface area contributed by atoms with Crippen LogP contribution in [0.1, 0.15) is 37.5 Å². The molecule has 3 N–H and O–H groups in total. The van der Waals surface area contributed by atoms with Crippen LogP contribution < -0.4 is 11.1 Å². The molecule has 0 radical (unpaired) electrons. The molecule has 6 heteroatoms. The molecule has 0 spiro atoms. The quantitative estimate of drug-likeness (QED) is 0.904. The Morgan fingerprint density at radius 1 is 1.26 bits per heavy atom. The number of ether oxygens (including phenoxy) is 1. The molecule has 1 atom stereocenters. The molecule has 2 aliphatic rings. The van der Waals surface area contributed by atoms with E-state index in [9.17, 15) is 4.79 Å². The molecular weight excluding hydrogens is 294 g/mol. The van der Waals surface area contributed by atoms with Crippen LogP contribution in [0.4, 0.5) is 5.69 Å². The molecule has 1 saturated heterocycles. The zero-order valence-corrected chi connectivity index (χ0v) is 13.0. The Morgan fingerprint density at radius 3 is 2.78 bits per heavy atom. The molecule has 1 amide bonds. The van der Waals surface area contributed by atoms with Crippen molar-refractivity contribution in [2.45, 2.75) is 37.6 Å². The number of carbonyl (C=O) groups excluding carboxylic acids is 1. The zero-order chi connectivity index (χ0) is 15.8. The summed E-state index contributed by atoms with van der Waals surface area (Å²) in [6.45, 7) is 1.36. The van der Waals surface area contributed by atoms with Gasteiger partial charge in [-0.25, -0.2) is 4.98 Å². The standard InChI is InChI=1S/C17H21N3O3/c18-15(10-5-7-22-8-6-10)16(21)19-12-3-4-13-14(9-12)23-17(20-13)11-1-2-11/h3-4,9-11,15H,1-2,5-8,18H2,(H,19,21). The van der Waals surface area contributed by atoms with Gasteiger partial charge < -0.3 is 20.2 Å². The first-order valence-electron chi connectivity index (χ1n) is 8.25. The zero-order valence-electron chi connectivity index (χ0n) is 13.0. The van der Waals surface area contributed by atoms with Gasteiger partial charge in [-0.2, -0.15) is 0 Å². The van der Waals surface area contributed by atoms with Crippen molar-refractivity contribution in [3.8, 4) is 0 Å². The van der Waals surface area contributed by atoms with Crippen LogP contribution in [0.2, 0.25) is 0 Å². The molecule has 2 heterocycles. The van der Waals surface area contributed by atoms with Crippen molar-refractivity contribution in [3.05, 3.63) is 24.1 Å². The average molecular weight is 315 g/mol. The van der Waals surface area contributed by atoms with E-state index in [2.05, 4.69) is 10.3 Å². The molecule has 6 nitrogen and oxygen atoms in total. The second-order valence-corrected chi connectivity index (χ2v) is 6.47. The Morgan fingerprint density at radius 2 is 2.04 bits per heavy atom. The number of oxazole rings is 1. The molecule has 2 aromatic rings. The number of fused-ring (bicyclic) bond motifs is 1. The van der Waals surface area contributed by atoms with Crippen molar-refractivity contribution >= 4 is 22.7 Å². The molecular formula is C17H21N3O3. The molecule has 122 valence electrons. The first-order valence-corrected chi connectivity index (χ1v) is 8.25. The summed E-state index contributed by atoms with van der Waals surface area (Å²) in [7, 11) is 0. The Bertz CT molecular complexity index is 717. The molecule has 4 rings (SSSR count). The minimum Gasteiger partial charge on any atom is -0.440 e. The van der Waals surface area contributed by atoms with Gasteiger partial charge in [0.25, 0.3) is 0 Å². The lowest BCUT2D eigenvalue weighted by molar-refractivity contribution is -0.119. The van der Waals surface area contributed by atoms with Crippen LogP contribution >= 0.6 is 0 Å². The van der Waals surface area contributed by atoms with Crippen LogP contribution in [0, 0.1) is 5.92 Å². The third-order valence-electron chi connectivity index (χ3n) is 4.68. The number of nitrogens with zero attached hydrogens (tertiary/aromatic N) is 1. The minimum absolute atomic E-state index is 0.154. The predicted octanol–water partition coefficient (Wildman–Crippen LogP) is 2.40. The van der Waals surface area contributed by atoms with Crippen molar-refractivity contribution in [1.29, 1.82) is 0 Å². The van der Waals surface area contributed by atoms with Crippen molar-refractivity contribution in [3.63, 3.8) is 0 Å². The van der Waals surface area contributed by atoms with E-state index in [0.29, 0.717) is 30.4 Å². The fourth-order valence-corrected chi connectivity index (χ4v) is 3.04. The van der Waals surface area contributed by atoms with Gasteiger partial charge in [0, 0.05) is 30.9 Å². The highest BCUT2D eigenvalue weighted by Gasteiger charge is 2.29. The van der Waals surface area contributed by atoms with Gasteiger partial charge in [0.15, 0.2) is 11.5 Å². The molecule has 1 aromatic heterocycles. The predicted molar refractivity (Wildman–Crippen MR) is 86.1 cm³/mol. The number of anilines is 1. The lowest BCUT2D eigenvalue weighted by atomic mass is 9.92. The van der Waals surface area contributed by atoms with E-state index in [0.717, 1.165) is 37.1 Å². The largest absolute Gasteiger partial charge is 0.440 e. The van der Waals surface area contributed by atoms with Gasteiger partial charge in [0.2, 0.25) is 5.91 Å². The Kier molecular flexibility index (Phi) is 3.79. The van der Waals surface area contributed by atoms with E-state index >= 15 is 0 Å². The van der Waals surface area contributed by atoms with Crippen LogP contribution in [-0.4, -0.2) is 30.1 Å². The van der Waals surface area contributed by atoms with Gasteiger partial charge >= 0.3 is 0 Å². The van der Waals surface area contributed by atoms with Crippen LogP contribution in [0.15, 0.2) is 22.6 Å². The first kappa shape index (κ1) is 14.7. The van der Waals surface area contributed by atoms with E-state index in [1.165, 1.54) is 0 Å². The van der Waals surface area contributed by atoms with Crippen molar-refractivity contribution in [2.75, 3.05) is 18.5 Å². The Labute approximate surface area is 134 Å². The SMILES string of the molecule is NC(C(=O)Nc1ccc2nc(C3CC3)oc2c1)C1CCOCC1. The molecule has 2 fully saturated rings. The summed E-state index contributed by atoms with van der Waals surface area (Å²) in [4.78, 5) is 16.8. The number of carbonyl (C=O) groups is 1. The first-order chi connectivity index (χ1) is 11.2. The van der Waals surface area contributed by atoms with E-state index in [-0.39, 0.29) is 11.8 Å². The van der Waals surface area contributed by atoms with Crippen molar-refractivity contribution in [2.24, 2.45) is 11.7 Å². The molecule has 1 aliphatic heterocycles. The second kappa shape index (κ2) is 5.94. The maximum Gasteiger partial charge on any atom is 0.241 e. The smallest absolute Gasteiger partial charge is 0.241 e. The molecule has 23 heavy (non-hydrogen) atoms. The fourth-order valence-electron chi connectivity index (χ4n) is 3.04. The van der Waals surface area contributed by atoms with Crippen molar-refractivity contribution < 1.29 is 13.9 Å². The number of amides is 1. The summed E-state index contributed by atoms with van der Waals surface area (Å²) < 4.78 is 11.1. The molecule has 1 saturated carbocycles. The highest BCUT2D eigenvalue weighted by atomic mass is 16.5. The van der Waals surface area contributed by atoms with E-state index < -0.39 is 6.04 Å². The monoisotopic (exact) mass is 315 g/mol. The highest BCUT2D eigenvalue weighted by Crippen LogP contribution is 2.40. The number of nitrogens with one attached hydrogen (secondary N) is 1. The van der Waals surface area contributed by atoms with E-state index in [1.807, 2.05) is 18.2 Å². The number of rotatable bonds is 4. The summed E-state index contributed by atoms with van der Waals surface area (Å²) in [5.74, 6) is 1.31. The lowest BCUT2D eigenvalue weighted by Crippen LogP contribution is -2.43. The third kappa shape index (κ3) is 3.09. The molecule has 1 aromatic carbocycles. The van der Waals surface area contributed by atoms with Gasteiger partial charge in [0.1, 0.15) is 5.52 Å². The van der Waals surface area contributed by atoms with Crippen LogP contribution in [0.25, 0.3) is 11.1 Å². The van der Waals surface area contributed by atoms with Crippen LogP contribution in [0.5, 0.6) is 0 Å². The topological polar surface area (TPSA) is 90.4 Å². The maximum atomic E-state index is 12.3. The number of aromatic nitrogens is 1. The number of benzene rings is 1. The van der Waals surface area contributed by atoms with Gasteiger partial charge in [0.05, 0.1) is 6.04 Å². The summed E-state index contributed by atoms with van der Waals surface area (Å²) in [5.41, 5.74) is 8.34. The Balaban J connectivity index is 1.46. The Hall–Kier alpha value is -1.92. The minimum atomic E-state index is -0.508. The molecule has 1 aliphatic carbocycles. The number of nitrogens with two attached hydrogens (primary N) is 1. The maximum absolute atomic E-state index is 12.3. The lowest BCUT2D eigenvalue weighted by Gasteiger charge is -2.26. The molecule has 0 bridgehead atoms. The van der Waals surface area contributed by atoms with Crippen LogP contribution in [-0.2, 0) is 9.53 Å². The number of hydrogen-bond acceptors (Lipinski definition) is 5. The van der Waals surface area contributed by atoms with Gasteiger partial charge in [-0.1, -0.05) is 0 Å². The van der Waals surface area contributed by atoms with E-state index in [1.54, 1.807) is 0 Å². The van der Waals surface area contributed by atoms with Crippen molar-refractivity contribution in [1.82, 2.24) is 4.98 Å². The third-order valence-corrected chi connectivity index (χ3v) is 4.68. The highest BCUT2D eigenvalue weighted by molar-refractivity contribution is 5.96. The van der Waals surface area contributed by atoms with Gasteiger partial charge in [-0.3, -0.25) is 4.79 Å². The summed E-state index contributed by atoms with van der Waals surface area (Å²) >= 11 is 0. The summed E-state index contributed by atoms with van der Waals surface area (Å²) in [6.07, 6.45) is 3.97. The second-order valence-electron chi connectivity index (χ2n) is 6.47. The van der Waals surface area contributed by atoms with Crippen LogP contribution in [0.3, 0.4) is 0 Å². The van der Waals surface area contributed by atoms with Gasteiger partial charge in [-0.15, -0.1) is 0 Å². The summed E-state index contributed by atoms with van der Waals surface area (Å²) in [5, 5.41) is 2.89. The average Bonchev–Trinajstić information content (AvgIpc) is 3.34. The normalized spacial score (nSPS) is 20.6. The van der Waals surface area contributed by atoms with E-state index in [4.69, 9.17) is 14.9 Å². The number of hydrogen-bond donors (Lipinski definition) is 2. The van der Waals surface area contributed by atoms with Gasteiger partial charge in [-0.05, 0) is 43.7 Å².